The van der Waals surface area contributed by atoms with E-state index in [0.717, 1.165) is 16.3 Å². The summed E-state index contributed by atoms with van der Waals surface area (Å²) in [6.45, 7) is 4.72. The summed E-state index contributed by atoms with van der Waals surface area (Å²) in [5.74, 6) is 0.277. The van der Waals surface area contributed by atoms with Gasteiger partial charge >= 0.3 is 0 Å². The van der Waals surface area contributed by atoms with E-state index in [0.29, 0.717) is 6.54 Å². The molecule has 1 aromatic carbocycles. The van der Waals surface area contributed by atoms with Crippen LogP contribution in [0.4, 0.5) is 11.4 Å². The van der Waals surface area contributed by atoms with Crippen LogP contribution < -0.4 is 5.32 Å². The molecule has 0 spiro atoms. The molecule has 0 saturated heterocycles. The minimum absolute atomic E-state index is 0.106. The third kappa shape index (κ3) is 3.29. The van der Waals surface area contributed by atoms with Crippen molar-refractivity contribution >= 4 is 22.7 Å². The largest absolute Gasteiger partial charge is 0.384 e. The van der Waals surface area contributed by atoms with E-state index < -0.39 is 0 Å². The molecule has 1 aromatic heterocycles. The molecule has 6 heteroatoms. The highest BCUT2D eigenvalue weighted by atomic mass is 32.1. The minimum Gasteiger partial charge on any atom is -0.384 e. The lowest BCUT2D eigenvalue weighted by atomic mass is 10.1. The topological polar surface area (TPSA) is 68.1 Å². The summed E-state index contributed by atoms with van der Waals surface area (Å²) in [6.07, 6.45) is 1.79. The van der Waals surface area contributed by atoms with Crippen LogP contribution in [0.5, 0.6) is 0 Å². The maximum atomic E-state index is 10.8. The van der Waals surface area contributed by atoms with Crippen molar-refractivity contribution in [3.05, 3.63) is 50.5 Å². The molecule has 0 aliphatic rings. The van der Waals surface area contributed by atoms with Gasteiger partial charge < -0.3 is 5.32 Å². The van der Waals surface area contributed by atoms with Crippen LogP contribution in [0, 0.1) is 17.0 Å². The Bertz CT molecular complexity index is 569. The average molecular weight is 277 g/mol. The summed E-state index contributed by atoms with van der Waals surface area (Å²) in [7, 11) is 0. The van der Waals surface area contributed by atoms with Crippen LogP contribution >= 0.6 is 11.3 Å². The van der Waals surface area contributed by atoms with Crippen molar-refractivity contribution < 1.29 is 4.92 Å². The Labute approximate surface area is 115 Å². The first-order valence-electron chi connectivity index (χ1n) is 5.96. The van der Waals surface area contributed by atoms with E-state index in [1.54, 1.807) is 29.7 Å². The predicted octanol–water partition coefficient (Wildman–Crippen LogP) is 3.58. The summed E-state index contributed by atoms with van der Waals surface area (Å²) in [5, 5.41) is 17.0. The highest BCUT2D eigenvalue weighted by Gasteiger charge is 2.11. The smallest absolute Gasteiger partial charge is 0.271 e. The first kappa shape index (κ1) is 13.5. The number of anilines is 1. The van der Waals surface area contributed by atoms with Crippen molar-refractivity contribution in [3.63, 3.8) is 0 Å². The van der Waals surface area contributed by atoms with Gasteiger partial charge in [-0.3, -0.25) is 10.1 Å². The fraction of sp³-hybridized carbons (Fsp3) is 0.308. The molecule has 2 aromatic rings. The van der Waals surface area contributed by atoms with Gasteiger partial charge in [0.15, 0.2) is 0 Å². The van der Waals surface area contributed by atoms with E-state index in [4.69, 9.17) is 0 Å². The number of benzene rings is 1. The maximum absolute atomic E-state index is 10.8. The second-order valence-electron chi connectivity index (χ2n) is 4.41. The van der Waals surface area contributed by atoms with Crippen molar-refractivity contribution in [2.45, 2.75) is 19.8 Å². The fourth-order valence-corrected chi connectivity index (χ4v) is 2.44. The van der Waals surface area contributed by atoms with Gasteiger partial charge in [-0.25, -0.2) is 4.98 Å². The quantitative estimate of drug-likeness (QED) is 0.670. The summed E-state index contributed by atoms with van der Waals surface area (Å²) in [4.78, 5) is 14.6. The van der Waals surface area contributed by atoms with E-state index >= 15 is 0 Å². The summed E-state index contributed by atoms with van der Waals surface area (Å²) >= 11 is 1.62. The normalized spacial score (nSPS) is 12.1. The van der Waals surface area contributed by atoms with E-state index in [1.165, 1.54) is 6.07 Å². The standard InChI is InChI=1S/C13H15N3O2S/c1-9-3-4-11(16(17)18)7-12(9)15-8-10(2)13-14-5-6-19-13/h3-7,10,15H,8H2,1-2H3. The maximum Gasteiger partial charge on any atom is 0.271 e. The number of nitro benzene ring substituents is 1. The SMILES string of the molecule is Cc1ccc([N+](=O)[O-])cc1NCC(C)c1nccs1. The molecule has 0 bridgehead atoms. The van der Waals surface area contributed by atoms with Crippen molar-refractivity contribution in [3.8, 4) is 0 Å². The zero-order valence-electron chi connectivity index (χ0n) is 10.8. The third-order valence-electron chi connectivity index (χ3n) is 2.90. The predicted molar refractivity (Wildman–Crippen MR) is 76.9 cm³/mol. The Balaban J connectivity index is 2.06. The van der Waals surface area contributed by atoms with Crippen LogP contribution in [0.25, 0.3) is 0 Å². The molecule has 1 heterocycles. The monoisotopic (exact) mass is 277 g/mol. The molecule has 0 aliphatic heterocycles. The Morgan fingerprint density at radius 3 is 2.95 bits per heavy atom. The van der Waals surface area contributed by atoms with Crippen molar-refractivity contribution in [2.75, 3.05) is 11.9 Å². The number of aryl methyl sites for hydroxylation is 1. The average Bonchev–Trinajstić information content (AvgIpc) is 2.91. The van der Waals surface area contributed by atoms with Crippen molar-refractivity contribution in [1.29, 1.82) is 0 Å². The molecule has 0 aliphatic carbocycles. The molecule has 0 radical (unpaired) electrons. The third-order valence-corrected chi connectivity index (χ3v) is 3.91. The Kier molecular flexibility index (Phi) is 4.11. The molecule has 19 heavy (non-hydrogen) atoms. The van der Waals surface area contributed by atoms with Gasteiger partial charge in [-0.2, -0.15) is 0 Å². The molecule has 1 unspecified atom stereocenters. The number of hydrogen-bond acceptors (Lipinski definition) is 5. The van der Waals surface area contributed by atoms with Gasteiger partial charge in [0.25, 0.3) is 5.69 Å². The number of hydrogen-bond donors (Lipinski definition) is 1. The zero-order valence-corrected chi connectivity index (χ0v) is 11.6. The van der Waals surface area contributed by atoms with Gasteiger partial charge in [0.1, 0.15) is 0 Å². The number of non-ortho nitro benzene ring substituents is 1. The molecular weight excluding hydrogens is 262 g/mol. The molecule has 1 atom stereocenters. The van der Waals surface area contributed by atoms with Crippen molar-refractivity contribution in [1.82, 2.24) is 4.98 Å². The number of thiazole rings is 1. The Hall–Kier alpha value is -1.95. The Morgan fingerprint density at radius 2 is 2.32 bits per heavy atom. The van der Waals surface area contributed by atoms with Gasteiger partial charge in [-0.05, 0) is 12.5 Å². The van der Waals surface area contributed by atoms with E-state index in [1.807, 2.05) is 12.3 Å². The first-order valence-corrected chi connectivity index (χ1v) is 6.84. The van der Waals surface area contributed by atoms with Crippen LogP contribution in [-0.4, -0.2) is 16.5 Å². The highest BCUT2D eigenvalue weighted by Crippen LogP contribution is 2.24. The molecule has 0 fully saturated rings. The zero-order chi connectivity index (χ0) is 13.8. The molecule has 0 amide bonds. The minimum atomic E-state index is -0.380. The van der Waals surface area contributed by atoms with Crippen LogP contribution in [-0.2, 0) is 0 Å². The molecule has 0 saturated carbocycles. The molecule has 2 rings (SSSR count). The van der Waals surface area contributed by atoms with Crippen LogP contribution in [0.1, 0.15) is 23.4 Å². The number of rotatable bonds is 5. The van der Waals surface area contributed by atoms with E-state index in [-0.39, 0.29) is 16.5 Å². The Morgan fingerprint density at radius 1 is 1.53 bits per heavy atom. The van der Waals surface area contributed by atoms with Crippen LogP contribution in [0.15, 0.2) is 29.8 Å². The lowest BCUT2D eigenvalue weighted by molar-refractivity contribution is -0.384. The summed E-state index contributed by atoms with van der Waals surface area (Å²) in [6, 6.07) is 4.85. The first-order chi connectivity index (χ1) is 9.08. The lowest BCUT2D eigenvalue weighted by Gasteiger charge is -2.13. The van der Waals surface area contributed by atoms with Gasteiger partial charge in [-0.1, -0.05) is 13.0 Å². The van der Waals surface area contributed by atoms with Gasteiger partial charge in [0, 0.05) is 41.9 Å². The number of nitrogens with one attached hydrogen (secondary N) is 1. The molecule has 100 valence electrons. The molecule has 1 N–H and O–H groups in total. The number of nitrogens with zero attached hydrogens (tertiary/aromatic N) is 2. The van der Waals surface area contributed by atoms with Gasteiger partial charge in [0.05, 0.1) is 9.93 Å². The molecule has 5 nitrogen and oxygen atoms in total. The van der Waals surface area contributed by atoms with Gasteiger partial charge in [0.2, 0.25) is 0 Å². The molecular formula is C13H15N3O2S. The number of aromatic nitrogens is 1. The highest BCUT2D eigenvalue weighted by molar-refractivity contribution is 7.09. The lowest BCUT2D eigenvalue weighted by Crippen LogP contribution is -2.10. The van der Waals surface area contributed by atoms with Crippen LogP contribution in [0.2, 0.25) is 0 Å². The fourth-order valence-electron chi connectivity index (χ4n) is 1.74. The van der Waals surface area contributed by atoms with Gasteiger partial charge in [-0.15, -0.1) is 11.3 Å². The summed E-state index contributed by atoms with van der Waals surface area (Å²) in [5.41, 5.74) is 1.91. The van der Waals surface area contributed by atoms with E-state index in [9.17, 15) is 10.1 Å². The van der Waals surface area contributed by atoms with Crippen molar-refractivity contribution in [2.24, 2.45) is 0 Å². The second-order valence-corrected chi connectivity index (χ2v) is 5.33. The summed E-state index contributed by atoms with van der Waals surface area (Å²) < 4.78 is 0. The van der Waals surface area contributed by atoms with E-state index in [2.05, 4.69) is 17.2 Å². The number of nitro groups is 1. The van der Waals surface area contributed by atoms with Crippen LogP contribution in [0.3, 0.4) is 0 Å². The second kappa shape index (κ2) is 5.79.